The molecular formula is C16H16O5. The highest BCUT2D eigenvalue weighted by atomic mass is 16.5. The molecule has 0 bridgehead atoms. The van der Waals surface area contributed by atoms with Crippen molar-refractivity contribution in [1.29, 1.82) is 0 Å². The molecule has 0 saturated carbocycles. The third-order valence-corrected chi connectivity index (χ3v) is 3.10. The number of carbonyl (C=O) groups excluding carboxylic acids is 1. The molecular weight excluding hydrogens is 272 g/mol. The van der Waals surface area contributed by atoms with Crippen LogP contribution in [0.25, 0.3) is 11.1 Å². The van der Waals surface area contributed by atoms with Crippen LogP contribution in [0.2, 0.25) is 0 Å². The van der Waals surface area contributed by atoms with E-state index in [1.165, 1.54) is 19.2 Å². The first kappa shape index (κ1) is 14.7. The average Bonchev–Trinajstić information content (AvgIpc) is 2.46. The van der Waals surface area contributed by atoms with E-state index in [0.717, 1.165) is 0 Å². The number of rotatable bonds is 4. The predicted octanol–water partition coefficient (Wildman–Crippen LogP) is 2.49. The summed E-state index contributed by atoms with van der Waals surface area (Å²) in [6, 6.07) is 9.76. The first-order valence-electron chi connectivity index (χ1n) is 6.31. The molecule has 0 aromatic heterocycles. The van der Waals surface area contributed by atoms with Crippen LogP contribution in [0.15, 0.2) is 36.4 Å². The van der Waals surface area contributed by atoms with Crippen LogP contribution in [0, 0.1) is 0 Å². The van der Waals surface area contributed by atoms with E-state index >= 15 is 0 Å². The van der Waals surface area contributed by atoms with Crippen molar-refractivity contribution < 1.29 is 24.5 Å². The molecule has 0 fully saturated rings. The summed E-state index contributed by atoms with van der Waals surface area (Å²) >= 11 is 0. The van der Waals surface area contributed by atoms with Crippen LogP contribution in [0.4, 0.5) is 0 Å². The van der Waals surface area contributed by atoms with Crippen LogP contribution >= 0.6 is 0 Å². The summed E-state index contributed by atoms with van der Waals surface area (Å²) < 4.78 is 9.80. The Kier molecular flexibility index (Phi) is 4.33. The van der Waals surface area contributed by atoms with Crippen molar-refractivity contribution >= 4 is 5.97 Å². The number of esters is 1. The lowest BCUT2D eigenvalue weighted by Gasteiger charge is -2.13. The van der Waals surface area contributed by atoms with E-state index in [1.54, 1.807) is 31.4 Å². The third-order valence-electron chi connectivity index (χ3n) is 3.10. The van der Waals surface area contributed by atoms with Crippen LogP contribution < -0.4 is 4.74 Å². The second kappa shape index (κ2) is 6.17. The van der Waals surface area contributed by atoms with Gasteiger partial charge < -0.3 is 19.7 Å². The van der Waals surface area contributed by atoms with Crippen molar-refractivity contribution in [3.05, 3.63) is 42.0 Å². The van der Waals surface area contributed by atoms with Crippen molar-refractivity contribution in [2.75, 3.05) is 14.2 Å². The molecule has 0 radical (unpaired) electrons. The Labute approximate surface area is 122 Å². The van der Waals surface area contributed by atoms with Gasteiger partial charge in [-0.25, -0.2) is 0 Å². The van der Waals surface area contributed by atoms with E-state index in [2.05, 4.69) is 4.74 Å². The molecule has 0 amide bonds. The summed E-state index contributed by atoms with van der Waals surface area (Å²) in [4.78, 5) is 11.5. The van der Waals surface area contributed by atoms with Gasteiger partial charge in [0, 0.05) is 11.6 Å². The minimum absolute atomic E-state index is 0.0506. The van der Waals surface area contributed by atoms with Gasteiger partial charge in [0.25, 0.3) is 0 Å². The molecule has 0 aliphatic heterocycles. The number of methoxy groups -OCH3 is 2. The minimum atomic E-state index is -0.454. The monoisotopic (exact) mass is 288 g/mol. The number of ether oxygens (including phenoxy) is 2. The van der Waals surface area contributed by atoms with E-state index < -0.39 is 5.97 Å². The van der Waals surface area contributed by atoms with Gasteiger partial charge in [0.2, 0.25) is 0 Å². The molecule has 21 heavy (non-hydrogen) atoms. The lowest BCUT2D eigenvalue weighted by atomic mass is 9.96. The minimum Gasteiger partial charge on any atom is -0.508 e. The summed E-state index contributed by atoms with van der Waals surface area (Å²) in [6.45, 7) is 0. The standard InChI is InChI=1S/C16H16O5/c1-20-13-5-3-4-10(7-13)16-11(8-15(19)21-2)6-12(17)9-14(16)18/h3-7,9,17-18H,8H2,1-2H3. The summed E-state index contributed by atoms with van der Waals surface area (Å²) in [5, 5.41) is 19.7. The molecule has 5 heteroatoms. The molecule has 0 unspecified atom stereocenters. The number of carbonyl (C=O) groups is 1. The summed E-state index contributed by atoms with van der Waals surface area (Å²) in [5.74, 6) is -0.0478. The molecule has 2 aromatic carbocycles. The normalized spacial score (nSPS) is 10.2. The maximum atomic E-state index is 11.5. The van der Waals surface area contributed by atoms with Gasteiger partial charge in [-0.2, -0.15) is 0 Å². The second-order valence-electron chi connectivity index (χ2n) is 4.48. The van der Waals surface area contributed by atoms with Gasteiger partial charge in [0.05, 0.1) is 20.6 Å². The molecule has 5 nitrogen and oxygen atoms in total. The average molecular weight is 288 g/mol. The first-order chi connectivity index (χ1) is 10.0. The molecule has 2 N–H and O–H groups in total. The van der Waals surface area contributed by atoms with E-state index in [1.807, 2.05) is 0 Å². The van der Waals surface area contributed by atoms with Crippen molar-refractivity contribution in [2.45, 2.75) is 6.42 Å². The molecule has 0 aliphatic rings. The Balaban J connectivity index is 2.57. The van der Waals surface area contributed by atoms with Crippen molar-refractivity contribution in [3.8, 4) is 28.4 Å². The quantitative estimate of drug-likeness (QED) is 0.845. The summed E-state index contributed by atoms with van der Waals surface area (Å²) in [7, 11) is 2.83. The van der Waals surface area contributed by atoms with Gasteiger partial charge in [-0.05, 0) is 29.3 Å². The Morgan fingerprint density at radius 1 is 1.14 bits per heavy atom. The van der Waals surface area contributed by atoms with Gasteiger partial charge >= 0.3 is 5.97 Å². The lowest BCUT2D eigenvalue weighted by molar-refractivity contribution is -0.139. The van der Waals surface area contributed by atoms with Gasteiger partial charge in [-0.3, -0.25) is 4.79 Å². The molecule has 2 rings (SSSR count). The fourth-order valence-corrected chi connectivity index (χ4v) is 2.15. The van der Waals surface area contributed by atoms with Crippen molar-refractivity contribution in [1.82, 2.24) is 0 Å². The van der Waals surface area contributed by atoms with Gasteiger partial charge in [-0.1, -0.05) is 12.1 Å². The smallest absolute Gasteiger partial charge is 0.310 e. The number of phenols is 2. The molecule has 110 valence electrons. The van der Waals surface area contributed by atoms with Crippen LogP contribution in [0.5, 0.6) is 17.2 Å². The van der Waals surface area contributed by atoms with Crippen LogP contribution in [-0.2, 0) is 16.0 Å². The Bertz CT molecular complexity index is 664. The number of hydrogen-bond donors (Lipinski definition) is 2. The molecule has 0 heterocycles. The Morgan fingerprint density at radius 3 is 2.57 bits per heavy atom. The predicted molar refractivity (Wildman–Crippen MR) is 77.5 cm³/mol. The van der Waals surface area contributed by atoms with Crippen molar-refractivity contribution in [3.63, 3.8) is 0 Å². The van der Waals surface area contributed by atoms with E-state index in [4.69, 9.17) is 4.74 Å². The van der Waals surface area contributed by atoms with Gasteiger partial charge in [0.1, 0.15) is 17.2 Å². The highest BCUT2D eigenvalue weighted by Crippen LogP contribution is 2.37. The van der Waals surface area contributed by atoms with Crippen LogP contribution in [0.3, 0.4) is 0 Å². The molecule has 0 atom stereocenters. The summed E-state index contributed by atoms with van der Waals surface area (Å²) in [5.41, 5.74) is 1.63. The zero-order valence-electron chi connectivity index (χ0n) is 11.8. The summed E-state index contributed by atoms with van der Waals surface area (Å²) in [6.07, 6.45) is -0.0506. The fraction of sp³-hybridized carbons (Fsp3) is 0.188. The fourth-order valence-electron chi connectivity index (χ4n) is 2.15. The molecule has 0 saturated heterocycles. The largest absolute Gasteiger partial charge is 0.508 e. The zero-order chi connectivity index (χ0) is 15.4. The highest BCUT2D eigenvalue weighted by Gasteiger charge is 2.16. The van der Waals surface area contributed by atoms with Crippen molar-refractivity contribution in [2.24, 2.45) is 0 Å². The third kappa shape index (κ3) is 3.25. The Morgan fingerprint density at radius 2 is 1.90 bits per heavy atom. The van der Waals surface area contributed by atoms with Crippen LogP contribution in [-0.4, -0.2) is 30.4 Å². The number of benzene rings is 2. The van der Waals surface area contributed by atoms with E-state index in [0.29, 0.717) is 22.4 Å². The van der Waals surface area contributed by atoms with E-state index in [-0.39, 0.29) is 17.9 Å². The maximum Gasteiger partial charge on any atom is 0.310 e. The first-order valence-corrected chi connectivity index (χ1v) is 6.31. The number of phenolic OH excluding ortho intramolecular Hbond substituents is 2. The molecule has 0 aliphatic carbocycles. The zero-order valence-corrected chi connectivity index (χ0v) is 11.8. The van der Waals surface area contributed by atoms with E-state index in [9.17, 15) is 15.0 Å². The molecule has 2 aromatic rings. The lowest BCUT2D eigenvalue weighted by Crippen LogP contribution is -2.05. The van der Waals surface area contributed by atoms with Crippen LogP contribution in [0.1, 0.15) is 5.56 Å². The maximum absolute atomic E-state index is 11.5. The highest BCUT2D eigenvalue weighted by molar-refractivity contribution is 5.81. The number of hydrogen-bond acceptors (Lipinski definition) is 5. The van der Waals surface area contributed by atoms with Gasteiger partial charge in [0.15, 0.2) is 0 Å². The topological polar surface area (TPSA) is 76.0 Å². The second-order valence-corrected chi connectivity index (χ2v) is 4.48. The number of aromatic hydroxyl groups is 2. The van der Waals surface area contributed by atoms with Gasteiger partial charge in [-0.15, -0.1) is 0 Å². The SMILES string of the molecule is COC(=O)Cc1cc(O)cc(O)c1-c1cccc(OC)c1. The molecule has 0 spiro atoms. The Hall–Kier alpha value is -2.69.